The lowest BCUT2D eigenvalue weighted by atomic mass is 9.89. The summed E-state index contributed by atoms with van der Waals surface area (Å²) in [5.41, 5.74) is 10.9. The molecule has 4 heteroatoms. The Labute approximate surface area is 162 Å². The van der Waals surface area contributed by atoms with E-state index < -0.39 is 0 Å². The van der Waals surface area contributed by atoms with Crippen molar-refractivity contribution >= 4 is 5.82 Å². The van der Waals surface area contributed by atoms with Gasteiger partial charge in [-0.05, 0) is 48.9 Å². The number of rotatable bonds is 2. The largest absolute Gasteiger partial charge is 0.497 e. The Kier molecular flexibility index (Phi) is 6.70. The van der Waals surface area contributed by atoms with Crippen LogP contribution >= 0.6 is 0 Å². The standard InChI is InChI=1S/C23H29N3O/c1-27-18-12-10-11-17(15-18)22-19-13-8-6-4-2-3-5-7-9-14-21(19)26-23(25)20(22)16-24/h10-12,15H,2-9,13-14H2,1H3,(H2,25,26). The topological polar surface area (TPSA) is 71.9 Å². The fourth-order valence-corrected chi connectivity index (χ4v) is 4.03. The van der Waals surface area contributed by atoms with Gasteiger partial charge in [0, 0.05) is 11.3 Å². The van der Waals surface area contributed by atoms with Gasteiger partial charge in [-0.3, -0.25) is 0 Å². The highest BCUT2D eigenvalue weighted by molar-refractivity contribution is 5.79. The van der Waals surface area contributed by atoms with E-state index in [1.54, 1.807) is 7.11 Å². The van der Waals surface area contributed by atoms with Gasteiger partial charge in [0.1, 0.15) is 23.2 Å². The minimum absolute atomic E-state index is 0.348. The lowest BCUT2D eigenvalue weighted by Gasteiger charge is -2.19. The number of hydrogen-bond acceptors (Lipinski definition) is 4. The predicted octanol–water partition coefficient (Wildman–Crippen LogP) is 5.43. The molecule has 0 atom stereocenters. The van der Waals surface area contributed by atoms with Crippen molar-refractivity contribution in [3.05, 3.63) is 41.1 Å². The Morgan fingerprint density at radius 3 is 2.33 bits per heavy atom. The van der Waals surface area contributed by atoms with E-state index in [2.05, 4.69) is 11.1 Å². The minimum atomic E-state index is 0.348. The van der Waals surface area contributed by atoms with E-state index >= 15 is 0 Å². The van der Waals surface area contributed by atoms with Gasteiger partial charge in [0.15, 0.2) is 0 Å². The predicted molar refractivity (Wildman–Crippen MR) is 110 cm³/mol. The fourth-order valence-electron chi connectivity index (χ4n) is 4.03. The third-order valence-corrected chi connectivity index (χ3v) is 5.47. The highest BCUT2D eigenvalue weighted by atomic mass is 16.5. The molecular weight excluding hydrogens is 334 g/mol. The number of nitriles is 1. The summed E-state index contributed by atoms with van der Waals surface area (Å²) < 4.78 is 5.41. The lowest BCUT2D eigenvalue weighted by molar-refractivity contribution is 0.415. The van der Waals surface area contributed by atoms with Crippen LogP contribution in [0.3, 0.4) is 0 Å². The molecule has 0 saturated carbocycles. The monoisotopic (exact) mass is 363 g/mol. The van der Waals surface area contributed by atoms with E-state index in [9.17, 15) is 5.26 Å². The zero-order valence-electron chi connectivity index (χ0n) is 16.3. The van der Waals surface area contributed by atoms with E-state index in [0.717, 1.165) is 48.3 Å². The van der Waals surface area contributed by atoms with Gasteiger partial charge in [0.25, 0.3) is 0 Å². The van der Waals surface area contributed by atoms with E-state index in [4.69, 9.17) is 10.5 Å². The van der Waals surface area contributed by atoms with Gasteiger partial charge in [0.2, 0.25) is 0 Å². The Morgan fingerprint density at radius 2 is 1.67 bits per heavy atom. The number of aryl methyl sites for hydroxylation is 1. The Hall–Kier alpha value is -2.54. The van der Waals surface area contributed by atoms with Gasteiger partial charge >= 0.3 is 0 Å². The number of benzene rings is 1. The smallest absolute Gasteiger partial charge is 0.142 e. The van der Waals surface area contributed by atoms with Crippen molar-refractivity contribution in [1.82, 2.24) is 4.98 Å². The first-order valence-corrected chi connectivity index (χ1v) is 10.1. The number of pyridine rings is 1. The molecule has 1 aromatic heterocycles. The molecule has 1 aliphatic carbocycles. The van der Waals surface area contributed by atoms with E-state index in [1.807, 2.05) is 24.3 Å². The Balaban J connectivity index is 2.12. The second-order valence-electron chi connectivity index (χ2n) is 7.34. The number of methoxy groups -OCH3 is 1. The van der Waals surface area contributed by atoms with Crippen LogP contribution in [0.4, 0.5) is 5.82 Å². The van der Waals surface area contributed by atoms with Crippen LogP contribution < -0.4 is 10.5 Å². The maximum atomic E-state index is 9.80. The molecule has 0 fully saturated rings. The number of fused-ring (bicyclic) bond motifs is 1. The van der Waals surface area contributed by atoms with Crippen molar-refractivity contribution in [3.63, 3.8) is 0 Å². The van der Waals surface area contributed by atoms with Gasteiger partial charge in [-0.1, -0.05) is 50.7 Å². The molecule has 142 valence electrons. The number of aromatic nitrogens is 1. The van der Waals surface area contributed by atoms with Crippen LogP contribution in [0.5, 0.6) is 5.75 Å². The number of nitrogens with two attached hydrogens (primary N) is 1. The quantitative estimate of drug-likeness (QED) is 0.772. The maximum Gasteiger partial charge on any atom is 0.142 e. The average Bonchev–Trinajstić information content (AvgIpc) is 2.68. The van der Waals surface area contributed by atoms with Crippen LogP contribution in [-0.2, 0) is 12.8 Å². The van der Waals surface area contributed by atoms with Crippen LogP contribution in [0, 0.1) is 11.3 Å². The number of nitrogen functional groups attached to an aromatic ring is 1. The molecule has 0 bridgehead atoms. The zero-order valence-corrected chi connectivity index (χ0v) is 16.3. The van der Waals surface area contributed by atoms with Crippen LogP contribution in [0.25, 0.3) is 11.1 Å². The summed E-state index contributed by atoms with van der Waals surface area (Å²) in [5.74, 6) is 1.13. The summed E-state index contributed by atoms with van der Waals surface area (Å²) in [6.07, 6.45) is 11.8. The summed E-state index contributed by atoms with van der Waals surface area (Å²) in [6.45, 7) is 0. The Morgan fingerprint density at radius 1 is 1.00 bits per heavy atom. The molecule has 4 nitrogen and oxygen atoms in total. The molecule has 0 saturated heterocycles. The second-order valence-corrected chi connectivity index (χ2v) is 7.34. The fraction of sp³-hybridized carbons (Fsp3) is 0.478. The highest BCUT2D eigenvalue weighted by Crippen LogP contribution is 2.35. The van der Waals surface area contributed by atoms with Crippen molar-refractivity contribution in [1.29, 1.82) is 5.26 Å². The van der Waals surface area contributed by atoms with Gasteiger partial charge in [-0.15, -0.1) is 0 Å². The normalized spacial score (nSPS) is 15.7. The van der Waals surface area contributed by atoms with E-state index in [-0.39, 0.29) is 0 Å². The molecule has 0 radical (unpaired) electrons. The van der Waals surface area contributed by atoms with Crippen molar-refractivity contribution in [3.8, 4) is 22.9 Å². The van der Waals surface area contributed by atoms with Crippen molar-refractivity contribution in [2.75, 3.05) is 12.8 Å². The summed E-state index contributed by atoms with van der Waals surface area (Å²) in [7, 11) is 1.66. The third-order valence-electron chi connectivity index (χ3n) is 5.47. The van der Waals surface area contributed by atoms with Crippen LogP contribution in [0.1, 0.15) is 68.2 Å². The van der Waals surface area contributed by atoms with Gasteiger partial charge in [-0.2, -0.15) is 5.26 Å². The average molecular weight is 364 g/mol. The first-order valence-electron chi connectivity index (χ1n) is 10.1. The molecule has 1 aromatic carbocycles. The molecule has 0 aliphatic heterocycles. The number of ether oxygens (including phenoxy) is 1. The SMILES string of the molecule is COc1cccc(-c2c(C#N)c(N)nc3c2CCCCCCCCCC3)c1. The van der Waals surface area contributed by atoms with E-state index in [0.29, 0.717) is 11.4 Å². The molecule has 27 heavy (non-hydrogen) atoms. The molecule has 1 heterocycles. The lowest BCUT2D eigenvalue weighted by Crippen LogP contribution is -2.09. The number of nitrogens with zero attached hydrogens (tertiary/aromatic N) is 2. The molecule has 0 spiro atoms. The number of hydrogen-bond donors (Lipinski definition) is 1. The summed E-state index contributed by atoms with van der Waals surface area (Å²) in [5, 5.41) is 9.80. The zero-order chi connectivity index (χ0) is 19.1. The molecule has 2 aromatic rings. The van der Waals surface area contributed by atoms with Gasteiger partial charge in [0.05, 0.1) is 7.11 Å². The number of anilines is 1. The molecule has 0 unspecified atom stereocenters. The first kappa shape index (κ1) is 19.2. The first-order chi connectivity index (χ1) is 13.2. The molecular formula is C23H29N3O. The van der Waals surface area contributed by atoms with Crippen LogP contribution in [0.2, 0.25) is 0 Å². The summed E-state index contributed by atoms with van der Waals surface area (Å²) >= 11 is 0. The van der Waals surface area contributed by atoms with Crippen molar-refractivity contribution in [2.24, 2.45) is 0 Å². The van der Waals surface area contributed by atoms with Crippen LogP contribution in [0.15, 0.2) is 24.3 Å². The minimum Gasteiger partial charge on any atom is -0.497 e. The molecule has 0 amide bonds. The van der Waals surface area contributed by atoms with Gasteiger partial charge in [-0.25, -0.2) is 4.98 Å². The molecule has 2 N–H and O–H groups in total. The summed E-state index contributed by atoms with van der Waals surface area (Å²) in [4.78, 5) is 4.67. The summed E-state index contributed by atoms with van der Waals surface area (Å²) in [6, 6.07) is 10.2. The van der Waals surface area contributed by atoms with Crippen molar-refractivity contribution in [2.45, 2.75) is 64.2 Å². The van der Waals surface area contributed by atoms with Gasteiger partial charge < -0.3 is 10.5 Å². The van der Waals surface area contributed by atoms with Crippen molar-refractivity contribution < 1.29 is 4.74 Å². The third kappa shape index (κ3) is 4.60. The van der Waals surface area contributed by atoms with E-state index in [1.165, 1.54) is 44.1 Å². The Bertz CT molecular complexity index is 823. The molecule has 3 rings (SSSR count). The maximum absolute atomic E-state index is 9.80. The second kappa shape index (κ2) is 9.41. The van der Waals surface area contributed by atoms with Crippen LogP contribution in [-0.4, -0.2) is 12.1 Å². The molecule has 1 aliphatic rings. The highest BCUT2D eigenvalue weighted by Gasteiger charge is 2.20.